The molecule has 0 saturated carbocycles. The Balaban J connectivity index is 1.27. The lowest BCUT2D eigenvalue weighted by atomic mass is 10.1. The van der Waals surface area contributed by atoms with Crippen molar-refractivity contribution < 1.29 is 27.4 Å². The van der Waals surface area contributed by atoms with Gasteiger partial charge < -0.3 is 24.6 Å². The van der Waals surface area contributed by atoms with Crippen molar-refractivity contribution in [2.75, 3.05) is 69.7 Å². The number of benzene rings is 2. The third kappa shape index (κ3) is 6.12. The van der Waals surface area contributed by atoms with E-state index in [1.54, 1.807) is 24.1 Å². The normalized spacial score (nSPS) is 19.7. The third-order valence-corrected chi connectivity index (χ3v) is 6.12. The molecule has 0 bridgehead atoms. The second-order valence-electron chi connectivity index (χ2n) is 8.44. The van der Waals surface area contributed by atoms with E-state index in [9.17, 15) is 18.0 Å². The summed E-state index contributed by atoms with van der Waals surface area (Å²) < 4.78 is 50.2. The van der Waals surface area contributed by atoms with E-state index < -0.39 is 11.7 Å². The number of amides is 2. The average molecular weight is 479 g/mol. The SMILES string of the molecule is COc1cccc(NC(=O)N2CCOC(CN3CCN(c4cccc(C(F)(F)F)c4)CC3)C2)c1. The summed E-state index contributed by atoms with van der Waals surface area (Å²) in [5.74, 6) is 0.668. The van der Waals surface area contributed by atoms with Crippen molar-refractivity contribution in [1.82, 2.24) is 9.80 Å². The maximum atomic E-state index is 13.0. The van der Waals surface area contributed by atoms with Gasteiger partial charge in [-0.3, -0.25) is 4.90 Å². The zero-order valence-corrected chi connectivity index (χ0v) is 19.1. The Morgan fingerprint density at radius 3 is 2.59 bits per heavy atom. The predicted molar refractivity (Wildman–Crippen MR) is 123 cm³/mol. The van der Waals surface area contributed by atoms with Crippen LogP contribution in [-0.2, 0) is 10.9 Å². The number of carbonyl (C=O) groups excluding carboxylic acids is 1. The fourth-order valence-corrected chi connectivity index (χ4v) is 4.27. The molecule has 0 spiro atoms. The van der Waals surface area contributed by atoms with Crippen LogP contribution in [0.4, 0.5) is 29.3 Å². The molecular formula is C24H29F3N4O3. The Kier molecular flexibility index (Phi) is 7.47. The number of carbonyl (C=O) groups is 1. The second kappa shape index (κ2) is 10.5. The summed E-state index contributed by atoms with van der Waals surface area (Å²) in [6.45, 7) is 4.80. The summed E-state index contributed by atoms with van der Waals surface area (Å²) in [5, 5.41) is 2.90. The molecule has 0 aromatic heterocycles. The number of ether oxygens (including phenoxy) is 2. The molecule has 0 aliphatic carbocycles. The number of halogens is 3. The Morgan fingerprint density at radius 1 is 1.09 bits per heavy atom. The highest BCUT2D eigenvalue weighted by atomic mass is 19.4. The molecule has 2 fully saturated rings. The third-order valence-electron chi connectivity index (χ3n) is 6.12. The number of alkyl halides is 3. The van der Waals surface area contributed by atoms with E-state index in [1.165, 1.54) is 12.1 Å². The van der Waals surface area contributed by atoms with Crippen molar-refractivity contribution >= 4 is 17.4 Å². The van der Waals surface area contributed by atoms with Crippen LogP contribution in [0.3, 0.4) is 0 Å². The second-order valence-corrected chi connectivity index (χ2v) is 8.44. The smallest absolute Gasteiger partial charge is 0.416 e. The molecule has 2 aromatic carbocycles. The minimum absolute atomic E-state index is 0.120. The molecule has 1 atom stereocenters. The van der Waals surface area contributed by atoms with Gasteiger partial charge in [-0.05, 0) is 30.3 Å². The lowest BCUT2D eigenvalue weighted by Crippen LogP contribution is -2.54. The monoisotopic (exact) mass is 478 g/mol. The van der Waals surface area contributed by atoms with Crippen molar-refractivity contribution in [2.45, 2.75) is 12.3 Å². The summed E-state index contributed by atoms with van der Waals surface area (Å²) in [4.78, 5) is 18.7. The van der Waals surface area contributed by atoms with Crippen LogP contribution in [0.25, 0.3) is 0 Å². The first-order valence-corrected chi connectivity index (χ1v) is 11.3. The summed E-state index contributed by atoms with van der Waals surface area (Å²) in [5.41, 5.74) is 0.622. The first kappa shape index (κ1) is 24.2. The van der Waals surface area contributed by atoms with Crippen molar-refractivity contribution in [2.24, 2.45) is 0 Å². The van der Waals surface area contributed by atoms with Crippen LogP contribution < -0.4 is 15.0 Å². The first-order chi connectivity index (χ1) is 16.3. The van der Waals surface area contributed by atoms with Crippen molar-refractivity contribution in [1.29, 1.82) is 0 Å². The largest absolute Gasteiger partial charge is 0.497 e. The number of hydrogen-bond donors (Lipinski definition) is 1. The van der Waals surface area contributed by atoms with E-state index in [-0.39, 0.29) is 12.1 Å². The topological polar surface area (TPSA) is 57.3 Å². The number of morpholine rings is 1. The lowest BCUT2D eigenvalue weighted by molar-refractivity contribution is -0.137. The molecule has 2 saturated heterocycles. The molecule has 1 N–H and O–H groups in total. The number of hydrogen-bond acceptors (Lipinski definition) is 5. The maximum Gasteiger partial charge on any atom is 0.416 e. The van der Waals surface area contributed by atoms with Gasteiger partial charge in [-0.15, -0.1) is 0 Å². The number of piperazine rings is 1. The molecule has 2 amide bonds. The van der Waals surface area contributed by atoms with E-state index in [2.05, 4.69) is 10.2 Å². The van der Waals surface area contributed by atoms with E-state index in [0.717, 1.165) is 6.07 Å². The standard InChI is InChI=1S/C24H29F3N4O3/c1-33-21-7-3-5-19(15-21)28-23(32)31-12-13-34-22(17-31)16-29-8-10-30(11-9-29)20-6-2-4-18(14-20)24(25,26)27/h2-7,14-15,22H,8-13,16-17H2,1H3,(H,28,32). The minimum Gasteiger partial charge on any atom is -0.497 e. The Bertz CT molecular complexity index is 980. The fourth-order valence-electron chi connectivity index (χ4n) is 4.27. The van der Waals surface area contributed by atoms with Gasteiger partial charge in [0, 0.05) is 63.3 Å². The highest BCUT2D eigenvalue weighted by Gasteiger charge is 2.31. The van der Waals surface area contributed by atoms with Gasteiger partial charge in [-0.1, -0.05) is 12.1 Å². The number of urea groups is 1. The van der Waals surface area contributed by atoms with Gasteiger partial charge in [0.25, 0.3) is 0 Å². The molecule has 2 aromatic rings. The molecule has 184 valence electrons. The zero-order valence-electron chi connectivity index (χ0n) is 19.1. The van der Waals surface area contributed by atoms with Crippen LogP contribution in [0.15, 0.2) is 48.5 Å². The van der Waals surface area contributed by atoms with Crippen molar-refractivity contribution in [3.8, 4) is 5.75 Å². The van der Waals surface area contributed by atoms with Crippen molar-refractivity contribution in [3.63, 3.8) is 0 Å². The molecule has 0 radical (unpaired) electrons. The Morgan fingerprint density at radius 2 is 1.85 bits per heavy atom. The highest BCUT2D eigenvalue weighted by molar-refractivity contribution is 5.89. The van der Waals surface area contributed by atoms with E-state index in [4.69, 9.17) is 9.47 Å². The first-order valence-electron chi connectivity index (χ1n) is 11.3. The van der Waals surface area contributed by atoms with E-state index in [0.29, 0.717) is 69.5 Å². The summed E-state index contributed by atoms with van der Waals surface area (Å²) in [6.07, 6.45) is -4.47. The van der Waals surface area contributed by atoms with Gasteiger partial charge in [0.1, 0.15) is 5.75 Å². The molecule has 34 heavy (non-hydrogen) atoms. The molecule has 2 aliphatic rings. The highest BCUT2D eigenvalue weighted by Crippen LogP contribution is 2.32. The van der Waals surface area contributed by atoms with Gasteiger partial charge in [0.05, 0.1) is 25.4 Å². The van der Waals surface area contributed by atoms with Gasteiger partial charge in [-0.25, -0.2) is 4.79 Å². The van der Waals surface area contributed by atoms with Crippen LogP contribution in [-0.4, -0.2) is 81.5 Å². The number of nitrogens with one attached hydrogen (secondary N) is 1. The average Bonchev–Trinajstić information content (AvgIpc) is 2.84. The molecule has 4 rings (SSSR count). The predicted octanol–water partition coefficient (Wildman–Crippen LogP) is 3.77. The molecule has 10 heteroatoms. The van der Waals surface area contributed by atoms with Crippen LogP contribution in [0.2, 0.25) is 0 Å². The van der Waals surface area contributed by atoms with Gasteiger partial charge >= 0.3 is 12.2 Å². The van der Waals surface area contributed by atoms with Crippen molar-refractivity contribution in [3.05, 3.63) is 54.1 Å². The Labute approximate surface area is 197 Å². The van der Waals surface area contributed by atoms with Crippen LogP contribution in [0, 0.1) is 0 Å². The number of anilines is 2. The molecular weight excluding hydrogens is 449 g/mol. The van der Waals surface area contributed by atoms with Crippen LogP contribution in [0.5, 0.6) is 5.75 Å². The molecule has 7 nitrogen and oxygen atoms in total. The van der Waals surface area contributed by atoms with Crippen LogP contribution in [0.1, 0.15) is 5.56 Å². The molecule has 2 aliphatic heterocycles. The van der Waals surface area contributed by atoms with Gasteiger partial charge in [0.2, 0.25) is 0 Å². The number of methoxy groups -OCH3 is 1. The van der Waals surface area contributed by atoms with Gasteiger partial charge in [0.15, 0.2) is 0 Å². The lowest BCUT2D eigenvalue weighted by Gasteiger charge is -2.40. The summed E-state index contributed by atoms with van der Waals surface area (Å²) in [6, 6.07) is 12.5. The minimum atomic E-state index is -4.35. The fraction of sp³-hybridized carbons (Fsp3) is 0.458. The zero-order chi connectivity index (χ0) is 24.1. The van der Waals surface area contributed by atoms with Gasteiger partial charge in [-0.2, -0.15) is 13.2 Å². The number of rotatable bonds is 5. The quantitative estimate of drug-likeness (QED) is 0.709. The van der Waals surface area contributed by atoms with E-state index >= 15 is 0 Å². The summed E-state index contributed by atoms with van der Waals surface area (Å²) in [7, 11) is 1.58. The Hall–Kier alpha value is -2.98. The van der Waals surface area contributed by atoms with E-state index in [1.807, 2.05) is 23.1 Å². The molecule has 2 heterocycles. The van der Waals surface area contributed by atoms with Crippen LogP contribution >= 0.6 is 0 Å². The summed E-state index contributed by atoms with van der Waals surface area (Å²) >= 11 is 0. The maximum absolute atomic E-state index is 13.0. The molecule has 1 unspecified atom stereocenters. The number of nitrogens with zero attached hydrogens (tertiary/aromatic N) is 3.